The van der Waals surface area contributed by atoms with Gasteiger partial charge in [0, 0.05) is 42.3 Å². The van der Waals surface area contributed by atoms with Crippen LogP contribution in [0.2, 0.25) is 0 Å². The van der Waals surface area contributed by atoms with Crippen LogP contribution in [0.4, 0.5) is 0 Å². The highest BCUT2D eigenvalue weighted by Gasteiger charge is 2.46. The molecule has 1 heterocycles. The Bertz CT molecular complexity index is 2450. The molecular weight excluding hydrogens is 1150 g/mol. The normalized spacial score (nSPS) is 27.2. The molecule has 1 aliphatic heterocycles. The molecule has 24 heteroatoms. The fraction of sp³-hybridized carbons (Fsp3) is 0.803. The van der Waals surface area contributed by atoms with Gasteiger partial charge in [-0.1, -0.05) is 116 Å². The summed E-state index contributed by atoms with van der Waals surface area (Å²) < 4.78 is 0. The maximum Gasteiger partial charge on any atom is 0.248 e. The summed E-state index contributed by atoms with van der Waals surface area (Å²) in [6, 6.07) is -14.6. The van der Waals surface area contributed by atoms with Crippen LogP contribution in [-0.4, -0.2) is 226 Å². The molecule has 11 amide bonds. The number of carbonyl (C=O) groups is 11. The van der Waals surface area contributed by atoms with E-state index in [-0.39, 0.29) is 80.5 Å². The Labute approximate surface area is 538 Å². The molecule has 24 nitrogen and oxygen atoms in total. The lowest BCUT2D eigenvalue weighted by molar-refractivity contribution is -0.155. The first-order chi connectivity index (χ1) is 41.5. The maximum atomic E-state index is 15.2. The monoisotopic (exact) mass is 1270 g/mol. The number of aliphatic hydroxyl groups excluding tert-OH is 2. The molecule has 0 unspecified atom stereocenters. The van der Waals surface area contributed by atoms with Gasteiger partial charge in [0.15, 0.2) is 0 Å². The molecule has 0 aromatic rings. The molecule has 516 valence electrons. The van der Waals surface area contributed by atoms with Crippen LogP contribution >= 0.6 is 0 Å². The second-order valence-electron chi connectivity index (χ2n) is 28.3. The standard InChI is InChI=1S/C66H119N11O13/c1-26-27-28-42(16)55(79)54-60(84)71-52(45(19)78)65(89)75(23)51(34-40(12)13)64(88)74(22)50(33-39(10)11)59(83)69-46(29-35(2)3)62(86)73(21)48(31-37(6)7)57(81)67-43(17)56(80)68-44(18)61(85)72(20)49(32-38(8)9)58(82)70-47(30-36(4)5)63(87)76(24)53(41(14)15)66(90)77(54)25/h26-27,35-55,78-79H,28-34H2,1-25H3,(H,67,81)(H,68,80)(H,69,83)(H,70,82)(H,71,84)/b27-26+/t42-,43+,44-,45-,46+,47+,48+,49+,50+,51-,52+,53+,54+,55-/m1/s1. The summed E-state index contributed by atoms with van der Waals surface area (Å²) >= 11 is 0. The van der Waals surface area contributed by atoms with Crippen molar-refractivity contribution in [2.45, 2.75) is 255 Å². The number of likely N-dealkylation sites (N-methyl/N-ethyl adjacent to an activating group) is 6. The van der Waals surface area contributed by atoms with Crippen molar-refractivity contribution in [3.05, 3.63) is 12.2 Å². The first kappa shape index (κ1) is 81.8. The Kier molecular flexibility index (Phi) is 34.0. The van der Waals surface area contributed by atoms with Crippen molar-refractivity contribution in [3.8, 4) is 0 Å². The number of carbonyl (C=O) groups excluding carboxylic acids is 11. The molecule has 1 rings (SSSR count). The molecule has 1 aliphatic rings. The second-order valence-corrected chi connectivity index (χ2v) is 28.3. The van der Waals surface area contributed by atoms with Crippen molar-refractivity contribution in [3.63, 3.8) is 0 Å². The fourth-order valence-corrected chi connectivity index (χ4v) is 11.5. The van der Waals surface area contributed by atoms with E-state index >= 15 is 14.4 Å². The third-order valence-corrected chi connectivity index (χ3v) is 16.7. The lowest BCUT2D eigenvalue weighted by Gasteiger charge is -2.40. The second kappa shape index (κ2) is 37.4. The van der Waals surface area contributed by atoms with Gasteiger partial charge in [-0.25, -0.2) is 0 Å². The Morgan fingerprint density at radius 1 is 0.378 bits per heavy atom. The number of hydrogen-bond acceptors (Lipinski definition) is 13. The third kappa shape index (κ3) is 23.8. The molecule has 0 aromatic carbocycles. The summed E-state index contributed by atoms with van der Waals surface area (Å²) in [6.07, 6.45) is 1.22. The van der Waals surface area contributed by atoms with Gasteiger partial charge in [-0.15, -0.1) is 0 Å². The molecular formula is C66H119N11O13. The zero-order valence-corrected chi connectivity index (χ0v) is 59.3. The number of allylic oxidation sites excluding steroid dienone is 2. The van der Waals surface area contributed by atoms with Gasteiger partial charge >= 0.3 is 0 Å². The van der Waals surface area contributed by atoms with Crippen LogP contribution in [-0.2, 0) is 52.7 Å². The van der Waals surface area contributed by atoms with Crippen LogP contribution in [0.5, 0.6) is 0 Å². The first-order valence-corrected chi connectivity index (χ1v) is 32.6. The number of nitrogens with one attached hydrogen (secondary N) is 5. The Balaban J connectivity index is 4.50. The van der Waals surface area contributed by atoms with Gasteiger partial charge in [-0.3, -0.25) is 52.7 Å². The summed E-state index contributed by atoms with van der Waals surface area (Å²) in [7, 11) is 8.31. The minimum absolute atomic E-state index is 0.0546. The zero-order valence-electron chi connectivity index (χ0n) is 59.3. The van der Waals surface area contributed by atoms with E-state index in [2.05, 4.69) is 26.6 Å². The van der Waals surface area contributed by atoms with Gasteiger partial charge in [0.05, 0.1) is 12.2 Å². The summed E-state index contributed by atoms with van der Waals surface area (Å²) in [4.78, 5) is 169. The summed E-state index contributed by atoms with van der Waals surface area (Å²) in [5, 5.41) is 37.4. The van der Waals surface area contributed by atoms with Gasteiger partial charge < -0.3 is 66.2 Å². The zero-order chi connectivity index (χ0) is 69.8. The van der Waals surface area contributed by atoms with Gasteiger partial charge in [0.1, 0.15) is 66.5 Å². The molecule has 1 fully saturated rings. The van der Waals surface area contributed by atoms with E-state index in [1.165, 1.54) is 82.7 Å². The van der Waals surface area contributed by atoms with Crippen molar-refractivity contribution < 1.29 is 63.0 Å². The van der Waals surface area contributed by atoms with E-state index in [0.29, 0.717) is 0 Å². The molecule has 0 radical (unpaired) electrons. The van der Waals surface area contributed by atoms with Gasteiger partial charge in [-0.2, -0.15) is 0 Å². The quantitative estimate of drug-likeness (QED) is 0.0965. The van der Waals surface area contributed by atoms with Crippen LogP contribution in [0.15, 0.2) is 12.2 Å². The van der Waals surface area contributed by atoms with Crippen molar-refractivity contribution in [1.29, 1.82) is 0 Å². The molecule has 0 bridgehead atoms. The van der Waals surface area contributed by atoms with Crippen molar-refractivity contribution >= 4 is 65.0 Å². The Morgan fingerprint density at radius 2 is 0.722 bits per heavy atom. The average Bonchev–Trinajstić information content (AvgIpc) is 0.877. The van der Waals surface area contributed by atoms with Crippen molar-refractivity contribution in [2.24, 2.45) is 47.3 Å². The van der Waals surface area contributed by atoms with Crippen LogP contribution < -0.4 is 26.6 Å². The molecule has 7 N–H and O–H groups in total. The van der Waals surface area contributed by atoms with Gasteiger partial charge in [0.2, 0.25) is 65.0 Å². The minimum Gasteiger partial charge on any atom is -0.391 e. The van der Waals surface area contributed by atoms with E-state index in [1.807, 2.05) is 83.1 Å². The topological polar surface area (TPSA) is 308 Å². The van der Waals surface area contributed by atoms with E-state index in [9.17, 15) is 48.6 Å². The number of rotatable bonds is 18. The smallest absolute Gasteiger partial charge is 0.248 e. The minimum atomic E-state index is -1.77. The van der Waals surface area contributed by atoms with Crippen LogP contribution in [0.25, 0.3) is 0 Å². The number of amides is 11. The third-order valence-electron chi connectivity index (χ3n) is 16.7. The van der Waals surface area contributed by atoms with Crippen LogP contribution in [0.1, 0.15) is 176 Å². The Hall–Kier alpha value is -6.17. The van der Waals surface area contributed by atoms with Crippen molar-refractivity contribution in [1.82, 2.24) is 56.0 Å². The maximum absolute atomic E-state index is 15.2. The highest BCUT2D eigenvalue weighted by Crippen LogP contribution is 2.25. The molecule has 14 atom stereocenters. The lowest BCUT2D eigenvalue weighted by atomic mass is 9.91. The van der Waals surface area contributed by atoms with Crippen LogP contribution in [0.3, 0.4) is 0 Å². The number of hydrogen-bond donors (Lipinski definition) is 7. The highest BCUT2D eigenvalue weighted by atomic mass is 16.3. The number of nitrogens with zero attached hydrogens (tertiary/aromatic N) is 6. The predicted octanol–water partition coefficient (Wildman–Crippen LogP) is 3.70. The van der Waals surface area contributed by atoms with E-state index < -0.39 is 155 Å². The SMILES string of the molecule is C/C=C/C[C@@H](C)[C@@H](O)[C@H]1C(=O)N[C@@H]([C@@H](C)O)C(=O)N(C)[C@H](CC(C)C)C(=O)N(C)[C@@H](CC(C)C)C(=O)N[C@@H](CC(C)C)C(=O)N(C)[C@@H](CC(C)C)C(=O)N[C@@H](C)C(=O)N[C@H](C)C(=O)N(C)[C@@H](CC(C)C)C(=O)N[C@@H](CC(C)C)C(=O)N(C)[C@@H](C(C)C)C(=O)N1C. The van der Waals surface area contributed by atoms with Gasteiger partial charge in [0.25, 0.3) is 0 Å². The number of aliphatic hydroxyl groups is 2. The largest absolute Gasteiger partial charge is 0.391 e. The fourth-order valence-electron chi connectivity index (χ4n) is 11.5. The molecule has 1 saturated heterocycles. The van der Waals surface area contributed by atoms with E-state index in [0.717, 1.165) is 9.80 Å². The molecule has 0 spiro atoms. The van der Waals surface area contributed by atoms with Crippen molar-refractivity contribution in [2.75, 3.05) is 42.3 Å². The Morgan fingerprint density at radius 3 is 1.11 bits per heavy atom. The first-order valence-electron chi connectivity index (χ1n) is 32.6. The molecule has 0 aromatic heterocycles. The van der Waals surface area contributed by atoms with Crippen LogP contribution in [0, 0.1) is 47.3 Å². The summed E-state index contributed by atoms with van der Waals surface area (Å²) in [5.41, 5.74) is 0. The average molecular weight is 1270 g/mol. The molecule has 0 aliphatic carbocycles. The van der Waals surface area contributed by atoms with E-state index in [4.69, 9.17) is 0 Å². The lowest BCUT2D eigenvalue weighted by Crippen LogP contribution is -2.65. The van der Waals surface area contributed by atoms with Gasteiger partial charge in [-0.05, 0) is 120 Å². The summed E-state index contributed by atoms with van der Waals surface area (Å²) in [5.74, 6) is -10.6. The highest BCUT2D eigenvalue weighted by molar-refractivity contribution is 6.00. The summed E-state index contributed by atoms with van der Waals surface area (Å²) in [6.45, 7) is 33.2. The predicted molar refractivity (Wildman–Crippen MR) is 348 cm³/mol. The molecule has 0 saturated carbocycles. The van der Waals surface area contributed by atoms with E-state index in [1.54, 1.807) is 39.8 Å². The molecule has 90 heavy (non-hydrogen) atoms.